The molecule has 0 heterocycles. The summed E-state index contributed by atoms with van der Waals surface area (Å²) in [6, 6.07) is 13.2. The normalized spacial score (nSPS) is 10.6. The highest BCUT2D eigenvalue weighted by molar-refractivity contribution is 5.88. The molecule has 0 saturated heterocycles. The molecule has 0 radical (unpaired) electrons. The third kappa shape index (κ3) is 3.23. The fourth-order valence-electron chi connectivity index (χ4n) is 2.14. The van der Waals surface area contributed by atoms with E-state index in [4.69, 9.17) is 14.6 Å². The summed E-state index contributed by atoms with van der Waals surface area (Å²) < 4.78 is 10.9. The van der Waals surface area contributed by atoms with Crippen molar-refractivity contribution in [2.45, 2.75) is 0 Å². The molecule has 0 aliphatic heterocycles. The lowest BCUT2D eigenvalue weighted by Crippen LogP contribution is -1.96. The highest BCUT2D eigenvalue weighted by Crippen LogP contribution is 2.41. The van der Waals surface area contributed by atoms with E-state index in [9.17, 15) is 4.79 Å². The summed E-state index contributed by atoms with van der Waals surface area (Å²) in [6.45, 7) is 0. The summed E-state index contributed by atoms with van der Waals surface area (Å²) in [6.07, 6.45) is 2.59. The van der Waals surface area contributed by atoms with Gasteiger partial charge in [0.25, 0.3) is 0 Å². The van der Waals surface area contributed by atoms with Crippen LogP contribution < -0.4 is 9.47 Å². The molecule has 0 bridgehead atoms. The zero-order chi connectivity index (χ0) is 15.2. The third-order valence-corrected chi connectivity index (χ3v) is 3.04. The number of hydrogen-bond acceptors (Lipinski definition) is 3. The average molecular weight is 284 g/mol. The first-order valence-electron chi connectivity index (χ1n) is 6.38. The molecular weight excluding hydrogens is 268 g/mol. The van der Waals surface area contributed by atoms with E-state index in [1.165, 1.54) is 6.08 Å². The molecule has 0 fully saturated rings. The van der Waals surface area contributed by atoms with Crippen molar-refractivity contribution in [2.24, 2.45) is 0 Å². The van der Waals surface area contributed by atoms with Crippen LogP contribution in [0.15, 0.2) is 48.5 Å². The molecule has 108 valence electrons. The van der Waals surface area contributed by atoms with Crippen molar-refractivity contribution in [1.82, 2.24) is 0 Å². The number of aliphatic carboxylic acids is 1. The zero-order valence-corrected chi connectivity index (χ0v) is 11.9. The van der Waals surface area contributed by atoms with Crippen LogP contribution in [0.25, 0.3) is 17.2 Å². The van der Waals surface area contributed by atoms with Crippen LogP contribution in [-0.4, -0.2) is 25.3 Å². The van der Waals surface area contributed by atoms with Gasteiger partial charge in [-0.2, -0.15) is 0 Å². The van der Waals surface area contributed by atoms with Gasteiger partial charge in [0, 0.05) is 11.6 Å². The summed E-state index contributed by atoms with van der Waals surface area (Å²) in [7, 11) is 3.15. The highest BCUT2D eigenvalue weighted by Gasteiger charge is 2.15. The van der Waals surface area contributed by atoms with Crippen LogP contribution in [0.2, 0.25) is 0 Å². The Morgan fingerprint density at radius 2 is 1.76 bits per heavy atom. The molecule has 0 saturated carbocycles. The van der Waals surface area contributed by atoms with E-state index in [2.05, 4.69) is 0 Å². The Labute approximate surface area is 123 Å². The molecule has 0 aliphatic rings. The minimum atomic E-state index is -1.01. The largest absolute Gasteiger partial charge is 0.496 e. The molecular formula is C17H16O4. The minimum Gasteiger partial charge on any atom is -0.496 e. The SMILES string of the molecule is COc1ccc(/C=C/C(=O)O)c(OC)c1-c1ccccc1. The minimum absolute atomic E-state index is 0.582. The molecule has 0 spiro atoms. The summed E-state index contributed by atoms with van der Waals surface area (Å²) in [5.74, 6) is 0.248. The molecule has 4 nitrogen and oxygen atoms in total. The van der Waals surface area contributed by atoms with E-state index in [0.29, 0.717) is 17.1 Å². The van der Waals surface area contributed by atoms with Crippen molar-refractivity contribution in [3.05, 3.63) is 54.1 Å². The average Bonchev–Trinajstić information content (AvgIpc) is 2.52. The molecule has 0 aromatic heterocycles. The first-order chi connectivity index (χ1) is 10.2. The van der Waals surface area contributed by atoms with Gasteiger partial charge in [-0.05, 0) is 23.8 Å². The van der Waals surface area contributed by atoms with E-state index in [1.54, 1.807) is 26.4 Å². The smallest absolute Gasteiger partial charge is 0.328 e. The first-order valence-corrected chi connectivity index (χ1v) is 6.38. The lowest BCUT2D eigenvalue weighted by molar-refractivity contribution is -0.131. The van der Waals surface area contributed by atoms with Crippen LogP contribution in [0.3, 0.4) is 0 Å². The number of ether oxygens (including phenoxy) is 2. The molecule has 4 heteroatoms. The number of carboxylic acid groups (broad SMARTS) is 1. The quantitative estimate of drug-likeness (QED) is 0.854. The molecule has 0 unspecified atom stereocenters. The number of carboxylic acids is 1. The predicted octanol–water partition coefficient (Wildman–Crippen LogP) is 3.47. The second kappa shape index (κ2) is 6.61. The van der Waals surface area contributed by atoms with Crippen LogP contribution >= 0.6 is 0 Å². The van der Waals surface area contributed by atoms with Gasteiger partial charge in [-0.15, -0.1) is 0 Å². The van der Waals surface area contributed by atoms with Gasteiger partial charge >= 0.3 is 5.97 Å². The van der Waals surface area contributed by atoms with Crippen LogP contribution in [0.1, 0.15) is 5.56 Å². The van der Waals surface area contributed by atoms with Crippen LogP contribution in [-0.2, 0) is 4.79 Å². The van der Waals surface area contributed by atoms with Gasteiger partial charge in [0.15, 0.2) is 0 Å². The summed E-state index contributed by atoms with van der Waals surface area (Å²) in [4.78, 5) is 10.7. The number of methoxy groups -OCH3 is 2. The lowest BCUT2D eigenvalue weighted by Gasteiger charge is -2.15. The van der Waals surface area contributed by atoms with Gasteiger partial charge in [0.05, 0.1) is 19.8 Å². The number of rotatable bonds is 5. The Balaban J connectivity index is 2.65. The molecule has 0 amide bonds. The fraction of sp³-hybridized carbons (Fsp3) is 0.118. The maximum Gasteiger partial charge on any atom is 0.328 e. The van der Waals surface area contributed by atoms with Gasteiger partial charge < -0.3 is 14.6 Å². The Kier molecular flexibility index (Phi) is 4.61. The zero-order valence-electron chi connectivity index (χ0n) is 11.9. The molecule has 2 rings (SSSR count). The van der Waals surface area contributed by atoms with E-state index >= 15 is 0 Å². The van der Waals surface area contributed by atoms with Crippen molar-refractivity contribution in [2.75, 3.05) is 14.2 Å². The maximum absolute atomic E-state index is 10.7. The van der Waals surface area contributed by atoms with Crippen LogP contribution in [0, 0.1) is 0 Å². The Bertz CT molecular complexity index is 660. The molecule has 2 aromatic rings. The molecule has 0 atom stereocenters. The van der Waals surface area contributed by atoms with Crippen molar-refractivity contribution in [1.29, 1.82) is 0 Å². The van der Waals surface area contributed by atoms with Gasteiger partial charge in [0.1, 0.15) is 11.5 Å². The number of hydrogen-bond donors (Lipinski definition) is 1. The second-order valence-corrected chi connectivity index (χ2v) is 4.30. The topological polar surface area (TPSA) is 55.8 Å². The highest BCUT2D eigenvalue weighted by atomic mass is 16.5. The Hall–Kier alpha value is -2.75. The molecule has 21 heavy (non-hydrogen) atoms. The molecule has 2 aromatic carbocycles. The maximum atomic E-state index is 10.7. The predicted molar refractivity (Wildman–Crippen MR) is 81.7 cm³/mol. The summed E-state index contributed by atoms with van der Waals surface area (Å²) >= 11 is 0. The van der Waals surface area contributed by atoms with Crippen molar-refractivity contribution >= 4 is 12.0 Å². The van der Waals surface area contributed by atoms with Gasteiger partial charge in [0.2, 0.25) is 0 Å². The lowest BCUT2D eigenvalue weighted by atomic mass is 9.99. The first kappa shape index (κ1) is 14.7. The van der Waals surface area contributed by atoms with Crippen molar-refractivity contribution in [3.63, 3.8) is 0 Å². The molecule has 1 N–H and O–H groups in total. The van der Waals surface area contributed by atoms with E-state index in [1.807, 2.05) is 30.3 Å². The Morgan fingerprint density at radius 1 is 1.05 bits per heavy atom. The number of carbonyl (C=O) groups is 1. The summed E-state index contributed by atoms with van der Waals surface area (Å²) in [5.41, 5.74) is 2.42. The van der Waals surface area contributed by atoms with E-state index in [-0.39, 0.29) is 0 Å². The number of benzene rings is 2. The standard InChI is InChI=1S/C17H16O4/c1-20-14-10-8-13(9-11-15(18)19)17(21-2)16(14)12-6-4-3-5-7-12/h3-11H,1-2H3,(H,18,19)/b11-9+. The van der Waals surface area contributed by atoms with Gasteiger partial charge in [-0.1, -0.05) is 30.3 Å². The van der Waals surface area contributed by atoms with Crippen molar-refractivity contribution in [3.8, 4) is 22.6 Å². The summed E-state index contributed by atoms with van der Waals surface area (Å²) in [5, 5.41) is 8.77. The van der Waals surface area contributed by atoms with E-state index < -0.39 is 5.97 Å². The van der Waals surface area contributed by atoms with Crippen molar-refractivity contribution < 1.29 is 19.4 Å². The van der Waals surface area contributed by atoms with E-state index in [0.717, 1.165) is 17.2 Å². The fourth-order valence-corrected chi connectivity index (χ4v) is 2.14. The Morgan fingerprint density at radius 3 is 2.33 bits per heavy atom. The third-order valence-electron chi connectivity index (χ3n) is 3.04. The monoisotopic (exact) mass is 284 g/mol. The van der Waals surface area contributed by atoms with Crippen LogP contribution in [0.4, 0.5) is 0 Å². The van der Waals surface area contributed by atoms with Crippen LogP contribution in [0.5, 0.6) is 11.5 Å². The molecule has 0 aliphatic carbocycles. The second-order valence-electron chi connectivity index (χ2n) is 4.30. The van der Waals surface area contributed by atoms with Gasteiger partial charge in [-0.3, -0.25) is 0 Å². The van der Waals surface area contributed by atoms with Gasteiger partial charge in [-0.25, -0.2) is 4.79 Å².